The molecule has 0 spiro atoms. The van der Waals surface area contributed by atoms with Crippen molar-refractivity contribution in [3.05, 3.63) is 30.1 Å². The maximum absolute atomic E-state index is 12.2. The highest BCUT2D eigenvalue weighted by Crippen LogP contribution is 2.04. The number of carbonyl (C=O) groups excluding carboxylic acids is 2. The Labute approximate surface area is 132 Å². The number of nitrogens with one attached hydrogen (secondary N) is 1. The van der Waals surface area contributed by atoms with E-state index in [4.69, 9.17) is 0 Å². The van der Waals surface area contributed by atoms with Gasteiger partial charge in [-0.2, -0.15) is 0 Å². The SMILES string of the molecule is CCCN(Cc1ccncc1)C(=O)NCCCC(=O)N(C)C. The molecule has 1 rings (SSSR count). The van der Waals surface area contributed by atoms with Gasteiger partial charge in [-0.3, -0.25) is 9.78 Å². The summed E-state index contributed by atoms with van der Waals surface area (Å²) in [5.41, 5.74) is 1.06. The molecule has 0 radical (unpaired) electrons. The lowest BCUT2D eigenvalue weighted by molar-refractivity contribution is -0.128. The fraction of sp³-hybridized carbons (Fsp3) is 0.562. The fourth-order valence-electron chi connectivity index (χ4n) is 2.00. The maximum Gasteiger partial charge on any atom is 0.317 e. The molecule has 1 aromatic rings. The first-order valence-electron chi connectivity index (χ1n) is 7.66. The molecule has 1 heterocycles. The summed E-state index contributed by atoms with van der Waals surface area (Å²) in [5, 5.41) is 2.88. The molecular formula is C16H26N4O2. The van der Waals surface area contributed by atoms with Crippen LogP contribution in [-0.4, -0.2) is 53.9 Å². The van der Waals surface area contributed by atoms with Crippen LogP contribution in [0.4, 0.5) is 4.79 Å². The zero-order valence-electron chi connectivity index (χ0n) is 13.7. The van der Waals surface area contributed by atoms with Crippen LogP contribution in [0.2, 0.25) is 0 Å². The number of amides is 3. The first kappa shape index (κ1) is 17.9. The van der Waals surface area contributed by atoms with Crippen molar-refractivity contribution in [3.63, 3.8) is 0 Å². The zero-order chi connectivity index (χ0) is 16.4. The molecule has 0 saturated carbocycles. The number of urea groups is 1. The number of pyridine rings is 1. The normalized spacial score (nSPS) is 10.1. The van der Waals surface area contributed by atoms with Crippen molar-refractivity contribution >= 4 is 11.9 Å². The highest BCUT2D eigenvalue weighted by molar-refractivity contribution is 5.76. The Kier molecular flexibility index (Phi) is 7.96. The Bertz CT molecular complexity index is 462. The molecule has 0 fully saturated rings. The summed E-state index contributed by atoms with van der Waals surface area (Å²) in [6.07, 6.45) is 5.45. The molecule has 22 heavy (non-hydrogen) atoms. The number of rotatable bonds is 8. The van der Waals surface area contributed by atoms with Crippen LogP contribution in [0.15, 0.2) is 24.5 Å². The molecule has 1 aromatic heterocycles. The van der Waals surface area contributed by atoms with E-state index in [1.807, 2.05) is 19.1 Å². The molecule has 0 aliphatic rings. The van der Waals surface area contributed by atoms with Crippen molar-refractivity contribution in [1.29, 1.82) is 0 Å². The van der Waals surface area contributed by atoms with E-state index in [0.29, 0.717) is 32.5 Å². The van der Waals surface area contributed by atoms with Crippen molar-refractivity contribution in [2.45, 2.75) is 32.7 Å². The number of hydrogen-bond acceptors (Lipinski definition) is 3. The minimum Gasteiger partial charge on any atom is -0.349 e. The number of hydrogen-bond donors (Lipinski definition) is 1. The second-order valence-corrected chi connectivity index (χ2v) is 5.40. The van der Waals surface area contributed by atoms with Gasteiger partial charge in [0.05, 0.1) is 0 Å². The molecule has 6 nitrogen and oxygen atoms in total. The maximum atomic E-state index is 12.2. The smallest absolute Gasteiger partial charge is 0.317 e. The summed E-state index contributed by atoms with van der Waals surface area (Å²) < 4.78 is 0. The van der Waals surface area contributed by atoms with Gasteiger partial charge >= 0.3 is 6.03 Å². The number of aromatic nitrogens is 1. The topological polar surface area (TPSA) is 65.5 Å². The van der Waals surface area contributed by atoms with Crippen molar-refractivity contribution in [3.8, 4) is 0 Å². The highest BCUT2D eigenvalue weighted by atomic mass is 16.2. The third-order valence-corrected chi connectivity index (χ3v) is 3.25. The number of carbonyl (C=O) groups is 2. The van der Waals surface area contributed by atoms with Gasteiger partial charge in [-0.15, -0.1) is 0 Å². The van der Waals surface area contributed by atoms with Crippen LogP contribution in [0, 0.1) is 0 Å². The van der Waals surface area contributed by atoms with E-state index in [9.17, 15) is 9.59 Å². The largest absolute Gasteiger partial charge is 0.349 e. The molecule has 0 aliphatic carbocycles. The predicted octanol–water partition coefficient (Wildman–Crippen LogP) is 1.87. The van der Waals surface area contributed by atoms with Gasteiger partial charge in [0.25, 0.3) is 0 Å². The van der Waals surface area contributed by atoms with Crippen LogP contribution >= 0.6 is 0 Å². The summed E-state index contributed by atoms with van der Waals surface area (Å²) in [6, 6.07) is 3.73. The van der Waals surface area contributed by atoms with Crippen LogP contribution in [0.25, 0.3) is 0 Å². The summed E-state index contributed by atoms with van der Waals surface area (Å²) in [5.74, 6) is 0.0800. The molecule has 0 aliphatic heterocycles. The van der Waals surface area contributed by atoms with Crippen LogP contribution in [0.5, 0.6) is 0 Å². The molecule has 0 atom stereocenters. The summed E-state index contributed by atoms with van der Waals surface area (Å²) in [4.78, 5) is 31.0. The predicted molar refractivity (Wildman–Crippen MR) is 86.3 cm³/mol. The van der Waals surface area contributed by atoms with Gasteiger partial charge in [-0.1, -0.05) is 6.92 Å². The van der Waals surface area contributed by atoms with Crippen LogP contribution in [0.3, 0.4) is 0 Å². The van der Waals surface area contributed by atoms with E-state index < -0.39 is 0 Å². The molecule has 1 N–H and O–H groups in total. The lowest BCUT2D eigenvalue weighted by Gasteiger charge is -2.22. The van der Waals surface area contributed by atoms with Crippen LogP contribution in [-0.2, 0) is 11.3 Å². The quantitative estimate of drug-likeness (QED) is 0.746. The van der Waals surface area contributed by atoms with E-state index in [-0.39, 0.29) is 11.9 Å². The number of nitrogens with zero attached hydrogens (tertiary/aromatic N) is 3. The van der Waals surface area contributed by atoms with Crippen LogP contribution in [0.1, 0.15) is 31.7 Å². The first-order chi connectivity index (χ1) is 10.5. The monoisotopic (exact) mass is 306 g/mol. The molecular weight excluding hydrogens is 280 g/mol. The molecule has 0 bridgehead atoms. The van der Waals surface area contributed by atoms with Crippen molar-refractivity contribution in [2.75, 3.05) is 27.2 Å². The first-order valence-corrected chi connectivity index (χ1v) is 7.66. The van der Waals surface area contributed by atoms with Crippen molar-refractivity contribution < 1.29 is 9.59 Å². The van der Waals surface area contributed by atoms with Crippen molar-refractivity contribution in [2.24, 2.45) is 0 Å². The summed E-state index contributed by atoms with van der Waals surface area (Å²) >= 11 is 0. The Morgan fingerprint density at radius 2 is 1.91 bits per heavy atom. The van der Waals surface area contributed by atoms with Gasteiger partial charge in [-0.25, -0.2) is 4.79 Å². The Morgan fingerprint density at radius 1 is 1.23 bits per heavy atom. The molecule has 6 heteroatoms. The third kappa shape index (κ3) is 6.56. The summed E-state index contributed by atoms with van der Waals surface area (Å²) in [7, 11) is 3.47. The van der Waals surface area contributed by atoms with Crippen LogP contribution < -0.4 is 5.32 Å². The summed E-state index contributed by atoms with van der Waals surface area (Å²) in [6.45, 7) is 3.82. The van der Waals surface area contributed by atoms with Gasteiger partial charge in [0, 0.05) is 52.5 Å². The van der Waals surface area contributed by atoms with Gasteiger partial charge in [0.2, 0.25) is 5.91 Å². The molecule has 122 valence electrons. The average molecular weight is 306 g/mol. The van der Waals surface area contributed by atoms with Gasteiger partial charge < -0.3 is 15.1 Å². The fourth-order valence-corrected chi connectivity index (χ4v) is 2.00. The second-order valence-electron chi connectivity index (χ2n) is 5.40. The molecule has 0 unspecified atom stereocenters. The standard InChI is InChI=1S/C16H26N4O2/c1-4-12-20(13-14-7-10-17-11-8-14)16(22)18-9-5-6-15(21)19(2)3/h7-8,10-11H,4-6,9,12-13H2,1-3H3,(H,18,22). The van der Waals surface area contributed by atoms with E-state index in [1.54, 1.807) is 36.3 Å². The Hall–Kier alpha value is -2.11. The lowest BCUT2D eigenvalue weighted by atomic mass is 10.2. The van der Waals surface area contributed by atoms with Crippen molar-refractivity contribution in [1.82, 2.24) is 20.1 Å². The van der Waals surface area contributed by atoms with Gasteiger partial charge in [0.15, 0.2) is 0 Å². The van der Waals surface area contributed by atoms with Gasteiger partial charge in [0.1, 0.15) is 0 Å². The lowest BCUT2D eigenvalue weighted by Crippen LogP contribution is -2.40. The molecule has 3 amide bonds. The van der Waals surface area contributed by atoms with Gasteiger partial charge in [-0.05, 0) is 30.5 Å². The molecule has 0 aromatic carbocycles. The Balaban J connectivity index is 2.40. The van der Waals surface area contributed by atoms with E-state index in [1.165, 1.54) is 0 Å². The average Bonchev–Trinajstić information content (AvgIpc) is 2.51. The zero-order valence-corrected chi connectivity index (χ0v) is 13.7. The van der Waals surface area contributed by atoms with E-state index in [0.717, 1.165) is 12.0 Å². The second kappa shape index (κ2) is 9.76. The highest BCUT2D eigenvalue weighted by Gasteiger charge is 2.12. The molecule has 0 saturated heterocycles. The minimum absolute atomic E-state index is 0.0800. The third-order valence-electron chi connectivity index (χ3n) is 3.25. The Morgan fingerprint density at radius 3 is 2.50 bits per heavy atom. The minimum atomic E-state index is -0.0871. The van der Waals surface area contributed by atoms with E-state index in [2.05, 4.69) is 10.3 Å². The van der Waals surface area contributed by atoms with E-state index >= 15 is 0 Å².